The fourth-order valence-electron chi connectivity index (χ4n) is 3.78. The Hall–Kier alpha value is -1.93. The predicted molar refractivity (Wildman–Crippen MR) is 95.4 cm³/mol. The molecule has 1 aromatic rings. The number of nitrogens with one attached hydrogen (secondary N) is 1. The number of aryl methyl sites for hydroxylation is 1. The topological polar surface area (TPSA) is 102 Å². The lowest BCUT2D eigenvalue weighted by Crippen LogP contribution is -2.41. The molecule has 2 saturated heterocycles. The van der Waals surface area contributed by atoms with Gasteiger partial charge >= 0.3 is 11.9 Å². The molecule has 0 aliphatic carbocycles. The van der Waals surface area contributed by atoms with Crippen LogP contribution in [0.1, 0.15) is 48.3 Å². The van der Waals surface area contributed by atoms with Crippen molar-refractivity contribution >= 4 is 34.2 Å². The molecule has 2 aliphatic heterocycles. The molecular weight excluding hydrogens is 358 g/mol. The lowest BCUT2D eigenvalue weighted by molar-refractivity contribution is -0.147. The Morgan fingerprint density at radius 2 is 1.96 bits per heavy atom. The highest BCUT2D eigenvalue weighted by Gasteiger charge is 2.55. The number of thiophene rings is 1. The number of ether oxygens (including phenoxy) is 2. The second-order valence-corrected chi connectivity index (χ2v) is 7.73. The van der Waals surface area contributed by atoms with Crippen LogP contribution in [0, 0.1) is 11.8 Å². The quantitative estimate of drug-likeness (QED) is 0.704. The van der Waals surface area contributed by atoms with E-state index in [-0.39, 0.29) is 12.7 Å². The molecule has 0 aromatic carbocycles. The molecule has 0 unspecified atom stereocenters. The largest absolute Gasteiger partial charge is 0.481 e. The van der Waals surface area contributed by atoms with Crippen molar-refractivity contribution in [2.45, 2.75) is 51.7 Å². The molecule has 0 radical (unpaired) electrons. The minimum atomic E-state index is -1.01. The number of rotatable bonds is 7. The van der Waals surface area contributed by atoms with E-state index in [4.69, 9.17) is 9.47 Å². The Labute approximate surface area is 155 Å². The fourth-order valence-corrected chi connectivity index (χ4v) is 4.93. The predicted octanol–water partition coefficient (Wildman–Crippen LogP) is 2.69. The summed E-state index contributed by atoms with van der Waals surface area (Å²) >= 11 is 1.33. The van der Waals surface area contributed by atoms with Crippen molar-refractivity contribution in [3.05, 3.63) is 16.5 Å². The zero-order valence-corrected chi connectivity index (χ0v) is 15.6. The second-order valence-electron chi connectivity index (χ2n) is 6.60. The molecule has 3 heterocycles. The van der Waals surface area contributed by atoms with Crippen molar-refractivity contribution in [2.75, 3.05) is 11.9 Å². The summed E-state index contributed by atoms with van der Waals surface area (Å²) < 4.78 is 10.7. The third kappa shape index (κ3) is 3.48. The second kappa shape index (κ2) is 7.75. The van der Waals surface area contributed by atoms with Crippen LogP contribution in [0.4, 0.5) is 5.00 Å². The lowest BCUT2D eigenvalue weighted by atomic mass is 9.79. The summed E-state index contributed by atoms with van der Waals surface area (Å²) in [5.74, 6) is -3.48. The zero-order chi connectivity index (χ0) is 18.8. The minimum Gasteiger partial charge on any atom is -0.481 e. The van der Waals surface area contributed by atoms with Crippen LogP contribution in [0.5, 0.6) is 0 Å². The maximum absolute atomic E-state index is 12.8. The molecular formula is C18H23NO6S. The van der Waals surface area contributed by atoms with Crippen molar-refractivity contribution < 1.29 is 29.0 Å². The van der Waals surface area contributed by atoms with Gasteiger partial charge in [-0.15, -0.1) is 11.3 Å². The Morgan fingerprint density at radius 1 is 1.27 bits per heavy atom. The van der Waals surface area contributed by atoms with E-state index in [0.29, 0.717) is 23.4 Å². The number of hydrogen-bond acceptors (Lipinski definition) is 6. The average molecular weight is 381 g/mol. The summed E-state index contributed by atoms with van der Waals surface area (Å²) in [5.41, 5.74) is 0.324. The summed E-state index contributed by atoms with van der Waals surface area (Å²) in [6.45, 7) is 4.00. The van der Waals surface area contributed by atoms with Crippen LogP contribution in [0.25, 0.3) is 0 Å². The normalized spacial score (nSPS) is 26.7. The first kappa shape index (κ1) is 18.8. The summed E-state index contributed by atoms with van der Waals surface area (Å²) in [6, 6.07) is 1.74. The van der Waals surface area contributed by atoms with E-state index < -0.39 is 35.8 Å². The first-order chi connectivity index (χ1) is 12.5. The lowest BCUT2D eigenvalue weighted by Gasteiger charge is -2.23. The van der Waals surface area contributed by atoms with Crippen LogP contribution in [-0.4, -0.2) is 41.8 Å². The highest BCUT2D eigenvalue weighted by Crippen LogP contribution is 2.44. The minimum absolute atomic E-state index is 0.243. The van der Waals surface area contributed by atoms with Crippen LogP contribution in [0.2, 0.25) is 0 Å². The number of carbonyl (C=O) groups excluding carboxylic acids is 2. The highest BCUT2D eigenvalue weighted by molar-refractivity contribution is 7.16. The van der Waals surface area contributed by atoms with Gasteiger partial charge in [0.25, 0.3) is 0 Å². The number of esters is 1. The van der Waals surface area contributed by atoms with Gasteiger partial charge in [0.2, 0.25) is 5.91 Å². The summed E-state index contributed by atoms with van der Waals surface area (Å²) in [4.78, 5) is 37.6. The molecule has 26 heavy (non-hydrogen) atoms. The van der Waals surface area contributed by atoms with E-state index in [1.165, 1.54) is 11.3 Å². The Balaban J connectivity index is 1.82. The Morgan fingerprint density at radius 3 is 2.58 bits per heavy atom. The first-order valence-corrected chi connectivity index (χ1v) is 9.76. The summed E-state index contributed by atoms with van der Waals surface area (Å²) in [7, 11) is 0. The Bertz CT molecular complexity index is 715. The molecule has 3 rings (SSSR count). The fraction of sp³-hybridized carbons (Fsp3) is 0.611. The molecule has 142 valence electrons. The summed E-state index contributed by atoms with van der Waals surface area (Å²) in [6.07, 6.45) is 2.28. The molecule has 7 nitrogen and oxygen atoms in total. The molecule has 4 atom stereocenters. The van der Waals surface area contributed by atoms with Gasteiger partial charge in [-0.1, -0.05) is 13.3 Å². The number of anilines is 1. The smallest absolute Gasteiger partial charge is 0.341 e. The highest BCUT2D eigenvalue weighted by atomic mass is 32.1. The molecule has 2 N–H and O–H groups in total. The molecule has 2 fully saturated rings. The van der Waals surface area contributed by atoms with Crippen LogP contribution < -0.4 is 5.32 Å². The van der Waals surface area contributed by atoms with E-state index in [9.17, 15) is 19.5 Å². The van der Waals surface area contributed by atoms with Crippen LogP contribution in [-0.2, 0) is 25.5 Å². The zero-order valence-electron chi connectivity index (χ0n) is 14.8. The molecule has 0 saturated carbocycles. The maximum atomic E-state index is 12.8. The number of carboxylic acids is 1. The molecule has 1 aromatic heterocycles. The number of carbonyl (C=O) groups is 3. The van der Waals surface area contributed by atoms with E-state index in [2.05, 4.69) is 5.32 Å². The molecule has 2 aliphatic rings. The monoisotopic (exact) mass is 381 g/mol. The molecule has 2 bridgehead atoms. The average Bonchev–Trinajstić information content (AvgIpc) is 3.29. The van der Waals surface area contributed by atoms with E-state index in [1.54, 1.807) is 13.0 Å². The van der Waals surface area contributed by atoms with Gasteiger partial charge < -0.3 is 19.9 Å². The van der Waals surface area contributed by atoms with Crippen molar-refractivity contribution in [3.63, 3.8) is 0 Å². The van der Waals surface area contributed by atoms with Crippen LogP contribution in [0.3, 0.4) is 0 Å². The van der Waals surface area contributed by atoms with Gasteiger partial charge in [-0.2, -0.15) is 0 Å². The number of aliphatic carboxylic acids is 1. The number of fused-ring (bicyclic) bond motifs is 2. The number of hydrogen-bond donors (Lipinski definition) is 2. The Kier molecular flexibility index (Phi) is 5.62. The van der Waals surface area contributed by atoms with Crippen molar-refractivity contribution in [1.82, 2.24) is 0 Å². The number of carboxylic acid groups (broad SMARTS) is 1. The van der Waals surface area contributed by atoms with Gasteiger partial charge in [0.05, 0.1) is 36.2 Å². The van der Waals surface area contributed by atoms with Crippen molar-refractivity contribution in [3.8, 4) is 0 Å². The molecule has 0 spiro atoms. The molecule has 8 heteroatoms. The van der Waals surface area contributed by atoms with Crippen molar-refractivity contribution in [2.24, 2.45) is 11.8 Å². The summed E-state index contributed by atoms with van der Waals surface area (Å²) in [5, 5.41) is 12.7. The SMILES string of the molecule is CCCc1cc(C(=O)OCC)c(NC(=O)[C@H]2[C@@H](C(=O)O)[C@H]3CC[C@H]2O3)s1. The van der Waals surface area contributed by atoms with Gasteiger partial charge in [-0.3, -0.25) is 9.59 Å². The van der Waals surface area contributed by atoms with E-state index in [0.717, 1.165) is 17.7 Å². The maximum Gasteiger partial charge on any atom is 0.341 e. The third-order valence-electron chi connectivity index (χ3n) is 4.87. The van der Waals surface area contributed by atoms with Gasteiger partial charge in [-0.05, 0) is 32.3 Å². The van der Waals surface area contributed by atoms with Gasteiger partial charge in [-0.25, -0.2) is 4.79 Å². The van der Waals surface area contributed by atoms with Gasteiger partial charge in [0.1, 0.15) is 5.00 Å². The van der Waals surface area contributed by atoms with Crippen molar-refractivity contribution in [1.29, 1.82) is 0 Å². The number of amides is 1. The van der Waals surface area contributed by atoms with Gasteiger partial charge in [0.15, 0.2) is 0 Å². The third-order valence-corrected chi connectivity index (χ3v) is 5.98. The van der Waals surface area contributed by atoms with Crippen LogP contribution in [0.15, 0.2) is 6.07 Å². The van der Waals surface area contributed by atoms with Gasteiger partial charge in [0, 0.05) is 4.88 Å². The first-order valence-electron chi connectivity index (χ1n) is 8.95. The standard InChI is InChI=1S/C18H23NO6S/c1-3-5-9-8-10(18(23)24-4-2)16(26-9)19-15(20)13-11-6-7-12(25-11)14(13)17(21)22/h8,11-14H,3-7H2,1-2H3,(H,19,20)(H,21,22)/t11-,12-,13-,14+/m1/s1. The molecule has 1 amide bonds. The van der Waals surface area contributed by atoms with Crippen LogP contribution >= 0.6 is 11.3 Å². The van der Waals surface area contributed by atoms with E-state index in [1.807, 2.05) is 6.92 Å². The van der Waals surface area contributed by atoms with E-state index >= 15 is 0 Å².